The Balaban J connectivity index is 3.48. The van der Waals surface area contributed by atoms with Gasteiger partial charge in [-0.2, -0.15) is 0 Å². The molecule has 0 saturated heterocycles. The molecule has 0 aliphatic rings. The fourth-order valence-electron chi connectivity index (χ4n) is 0.717. The molecule has 0 saturated carbocycles. The van der Waals surface area contributed by atoms with E-state index < -0.39 is 13.0 Å². The molecule has 92 valence electrons. The Labute approximate surface area is 124 Å². The summed E-state index contributed by atoms with van der Waals surface area (Å²) in [5.41, 5.74) is -1.03. The lowest BCUT2D eigenvalue weighted by Crippen LogP contribution is -2.21. The number of hydrogen-bond donors (Lipinski definition) is 1. The quantitative estimate of drug-likeness (QED) is 0.428. The molecule has 1 unspecified atom stereocenters. The highest BCUT2D eigenvalue weighted by atomic mass is 35.6. The molecule has 1 atom stereocenters. The fourth-order valence-corrected chi connectivity index (χ4v) is 2.47. The van der Waals surface area contributed by atoms with Crippen molar-refractivity contribution in [1.29, 1.82) is 0 Å². The van der Waals surface area contributed by atoms with Crippen LogP contribution in [0.4, 0.5) is 0 Å². The molecule has 0 aromatic heterocycles. The van der Waals surface area contributed by atoms with Crippen molar-refractivity contribution >= 4 is 81.4 Å². The number of aliphatic hydroxyl groups is 1. The predicted octanol–water partition coefficient (Wildman–Crippen LogP) is 4.95. The third-order valence-electron chi connectivity index (χ3n) is 1.41. The van der Waals surface area contributed by atoms with Gasteiger partial charge in [-0.1, -0.05) is 69.6 Å². The average molecular weight is 355 g/mol. The van der Waals surface area contributed by atoms with Crippen molar-refractivity contribution in [1.82, 2.24) is 0 Å². The summed E-state index contributed by atoms with van der Waals surface area (Å²) < 4.78 is -2.86. The van der Waals surface area contributed by atoms with E-state index in [0.717, 1.165) is 24.6 Å². The number of halogens is 6. The summed E-state index contributed by atoms with van der Waals surface area (Å²) >= 11 is 34.2. The molecule has 1 N–H and O–H groups in total. The Kier molecular flexibility index (Phi) is 8.50. The van der Waals surface area contributed by atoms with Crippen LogP contribution in [0.5, 0.6) is 0 Å². The van der Waals surface area contributed by atoms with E-state index in [2.05, 4.69) is 0 Å². The molecule has 0 amide bonds. The van der Waals surface area contributed by atoms with Gasteiger partial charge in [-0.15, -0.1) is 11.8 Å². The summed E-state index contributed by atoms with van der Waals surface area (Å²) in [6.07, 6.45) is 2.01. The van der Waals surface area contributed by atoms with Gasteiger partial charge in [-0.25, -0.2) is 0 Å². The molecule has 0 aromatic rings. The van der Waals surface area contributed by atoms with Crippen LogP contribution < -0.4 is 0 Å². The molecular weight excluding hydrogens is 345 g/mol. The maximum Gasteiger partial charge on any atom is 0.225 e. The highest BCUT2D eigenvalue weighted by Crippen LogP contribution is 2.37. The van der Waals surface area contributed by atoms with Crippen LogP contribution in [0.3, 0.4) is 0 Å². The van der Waals surface area contributed by atoms with Crippen LogP contribution in [0.1, 0.15) is 19.3 Å². The molecule has 0 aliphatic carbocycles. The van der Waals surface area contributed by atoms with Crippen molar-refractivity contribution in [2.45, 2.75) is 32.3 Å². The van der Waals surface area contributed by atoms with Gasteiger partial charge in [0.15, 0.2) is 3.79 Å². The first-order valence-corrected chi connectivity index (χ1v) is 7.38. The zero-order valence-corrected chi connectivity index (χ0v) is 12.9. The van der Waals surface area contributed by atoms with Crippen molar-refractivity contribution in [2.24, 2.45) is 0 Å². The minimum atomic E-state index is -1.65. The molecule has 1 nitrogen and oxygen atoms in total. The maximum absolute atomic E-state index is 9.33. The van der Waals surface area contributed by atoms with E-state index in [1.807, 2.05) is 0 Å². The number of unbranched alkanes of at least 4 members (excludes halogenated alkanes) is 1. The van der Waals surface area contributed by atoms with Crippen LogP contribution in [0, 0.1) is 0 Å². The normalized spacial score (nSPS) is 15.4. The Morgan fingerprint density at radius 1 is 1.00 bits per heavy atom. The number of rotatable bonds is 5. The summed E-state index contributed by atoms with van der Waals surface area (Å²) in [6.45, 7) is 0. The first-order chi connectivity index (χ1) is 6.63. The number of aliphatic hydroxyl groups excluding tert-OH is 1. The largest absolute Gasteiger partial charge is 0.378 e. The van der Waals surface area contributed by atoms with E-state index in [0.29, 0.717) is 12.2 Å². The van der Waals surface area contributed by atoms with Crippen molar-refractivity contribution in [3.05, 3.63) is 0 Å². The topological polar surface area (TPSA) is 20.2 Å². The fraction of sp³-hybridized carbons (Fsp3) is 1.00. The summed E-state index contributed by atoms with van der Waals surface area (Å²) in [4.78, 5) is 0. The van der Waals surface area contributed by atoms with Crippen LogP contribution in [0.15, 0.2) is 0 Å². The van der Waals surface area contributed by atoms with E-state index in [1.165, 1.54) is 0 Å². The second-order valence-electron chi connectivity index (χ2n) is 2.84. The minimum absolute atomic E-state index is 0.474. The molecule has 0 radical (unpaired) electrons. The van der Waals surface area contributed by atoms with Gasteiger partial charge >= 0.3 is 0 Å². The molecule has 0 spiro atoms. The molecule has 0 heterocycles. The van der Waals surface area contributed by atoms with E-state index in [4.69, 9.17) is 69.6 Å². The third-order valence-corrected chi connectivity index (χ3v) is 4.18. The van der Waals surface area contributed by atoms with Crippen LogP contribution in [-0.4, -0.2) is 23.9 Å². The van der Waals surface area contributed by atoms with Gasteiger partial charge in [-0.3, -0.25) is 0 Å². The van der Waals surface area contributed by atoms with Gasteiger partial charge < -0.3 is 5.11 Å². The van der Waals surface area contributed by atoms with E-state index in [9.17, 15) is 5.11 Å². The van der Waals surface area contributed by atoms with E-state index >= 15 is 0 Å². The molecule has 8 heteroatoms. The van der Waals surface area contributed by atoms with Crippen LogP contribution in [0.25, 0.3) is 0 Å². The Morgan fingerprint density at radius 2 is 1.53 bits per heavy atom. The van der Waals surface area contributed by atoms with Gasteiger partial charge in [0.1, 0.15) is 5.44 Å². The summed E-state index contributed by atoms with van der Waals surface area (Å²) in [7, 11) is 0. The van der Waals surface area contributed by atoms with Gasteiger partial charge in [0.25, 0.3) is 0 Å². The van der Waals surface area contributed by atoms with Crippen molar-refractivity contribution in [2.75, 3.05) is 5.75 Å². The monoisotopic (exact) mass is 352 g/mol. The Morgan fingerprint density at radius 3 is 1.93 bits per heavy atom. The highest BCUT2D eigenvalue weighted by Gasteiger charge is 2.30. The second kappa shape index (κ2) is 7.48. The average Bonchev–Trinajstić information content (AvgIpc) is 1.99. The Hall–Kier alpha value is 2.05. The lowest BCUT2D eigenvalue weighted by Gasteiger charge is -2.18. The summed E-state index contributed by atoms with van der Waals surface area (Å²) in [5.74, 6) is 0.649. The Bertz CT molecular complexity index is 177. The number of hydrogen-bond acceptors (Lipinski definition) is 2. The van der Waals surface area contributed by atoms with Crippen LogP contribution in [0.2, 0.25) is 0 Å². The molecular formula is C7H10Cl6OS. The summed E-state index contributed by atoms with van der Waals surface area (Å²) in [6, 6.07) is 0. The van der Waals surface area contributed by atoms with Crippen LogP contribution in [-0.2, 0) is 0 Å². The zero-order chi connectivity index (χ0) is 12.1. The smallest absolute Gasteiger partial charge is 0.225 e. The molecule has 0 aliphatic heterocycles. The minimum Gasteiger partial charge on any atom is -0.378 e. The van der Waals surface area contributed by atoms with E-state index in [1.54, 1.807) is 0 Å². The first-order valence-electron chi connectivity index (χ1n) is 4.06. The van der Waals surface area contributed by atoms with Gasteiger partial charge in [0, 0.05) is 0 Å². The highest BCUT2D eigenvalue weighted by molar-refractivity contribution is 8.00. The lowest BCUT2D eigenvalue weighted by molar-refractivity contribution is 0.268. The van der Waals surface area contributed by atoms with Crippen molar-refractivity contribution in [3.8, 4) is 0 Å². The van der Waals surface area contributed by atoms with Gasteiger partial charge in [0.05, 0.1) is 0 Å². The molecule has 0 aromatic carbocycles. The van der Waals surface area contributed by atoms with Gasteiger partial charge in [0.2, 0.25) is 3.79 Å². The summed E-state index contributed by atoms with van der Waals surface area (Å²) in [5, 5.41) is 9.33. The molecule has 15 heavy (non-hydrogen) atoms. The zero-order valence-electron chi connectivity index (χ0n) is 7.53. The lowest BCUT2D eigenvalue weighted by atomic mass is 10.3. The standard InChI is InChI=1S/C7H10Cl6OS/c8-6(9,10)3-1-2-4-15-5(14)7(11,12)13/h5,14H,1-4H2. The first kappa shape index (κ1) is 17.1. The maximum atomic E-state index is 9.33. The second-order valence-corrected chi connectivity index (χ2v) is 8.91. The van der Waals surface area contributed by atoms with Gasteiger partial charge in [-0.05, 0) is 25.0 Å². The van der Waals surface area contributed by atoms with Crippen LogP contribution >= 0.6 is 81.4 Å². The SMILES string of the molecule is OC(SCCCCC(Cl)(Cl)Cl)C(Cl)(Cl)Cl. The molecule has 0 rings (SSSR count). The number of alkyl halides is 6. The van der Waals surface area contributed by atoms with Crippen molar-refractivity contribution in [3.63, 3.8) is 0 Å². The third kappa shape index (κ3) is 10.9. The predicted molar refractivity (Wildman–Crippen MR) is 72.9 cm³/mol. The number of thioether (sulfide) groups is 1. The van der Waals surface area contributed by atoms with E-state index in [-0.39, 0.29) is 0 Å². The molecule has 0 bridgehead atoms. The van der Waals surface area contributed by atoms with Crippen molar-refractivity contribution < 1.29 is 5.11 Å². The molecule has 0 fully saturated rings.